The topological polar surface area (TPSA) is 47.6 Å². The molecule has 0 radical (unpaired) electrons. The molecule has 2 atom stereocenters. The van der Waals surface area contributed by atoms with Gasteiger partial charge in [0.15, 0.2) is 0 Å². The zero-order chi connectivity index (χ0) is 18.2. The highest BCUT2D eigenvalue weighted by atomic mass is 16.5. The Labute approximate surface area is 149 Å². The normalized spacial score (nSPS) is 20.7. The maximum atomic E-state index is 12.8. The highest BCUT2D eigenvalue weighted by molar-refractivity contribution is 5.97. The number of hydrogen-bond donors (Lipinski definition) is 1. The van der Waals surface area contributed by atoms with E-state index < -0.39 is 0 Å². The number of methoxy groups -OCH3 is 2. The Kier molecular flexibility index (Phi) is 4.46. The van der Waals surface area contributed by atoms with E-state index in [1.165, 1.54) is 5.56 Å². The minimum Gasteiger partial charge on any atom is -0.497 e. The van der Waals surface area contributed by atoms with Gasteiger partial charge in [0, 0.05) is 12.0 Å². The zero-order valence-corrected chi connectivity index (χ0v) is 15.4. The molecular formula is C21H25NO3. The van der Waals surface area contributed by atoms with Crippen molar-refractivity contribution in [3.63, 3.8) is 0 Å². The number of rotatable bonds is 5. The third-order valence-electron chi connectivity index (χ3n) is 5.19. The van der Waals surface area contributed by atoms with Gasteiger partial charge in [-0.05, 0) is 42.2 Å². The lowest BCUT2D eigenvalue weighted by Gasteiger charge is -2.11. The van der Waals surface area contributed by atoms with E-state index in [1.54, 1.807) is 14.2 Å². The molecule has 0 heterocycles. The second-order valence-electron chi connectivity index (χ2n) is 7.23. The van der Waals surface area contributed by atoms with Crippen LogP contribution in [0.5, 0.6) is 11.5 Å². The SMILES string of the molecule is COc1ccc([C@@H]2[C@@H](NC(=O)c3cc(C)ccc3OC)C2(C)C)cc1. The minimum atomic E-state index is -0.0883. The first-order chi connectivity index (χ1) is 11.9. The number of ether oxygens (including phenoxy) is 2. The quantitative estimate of drug-likeness (QED) is 0.898. The molecular weight excluding hydrogens is 314 g/mol. The van der Waals surface area contributed by atoms with Gasteiger partial charge >= 0.3 is 0 Å². The number of nitrogens with one attached hydrogen (secondary N) is 1. The summed E-state index contributed by atoms with van der Waals surface area (Å²) in [5.74, 6) is 1.64. The molecule has 1 aliphatic carbocycles. The van der Waals surface area contributed by atoms with E-state index in [9.17, 15) is 4.79 Å². The molecule has 1 saturated carbocycles. The van der Waals surface area contributed by atoms with Crippen molar-refractivity contribution in [2.75, 3.05) is 14.2 Å². The molecule has 0 unspecified atom stereocenters. The van der Waals surface area contributed by atoms with Gasteiger partial charge in [-0.3, -0.25) is 4.79 Å². The zero-order valence-electron chi connectivity index (χ0n) is 15.4. The van der Waals surface area contributed by atoms with Gasteiger partial charge in [-0.1, -0.05) is 37.6 Å². The highest BCUT2D eigenvalue weighted by Gasteiger charge is 2.59. The summed E-state index contributed by atoms with van der Waals surface area (Å²) < 4.78 is 10.6. The van der Waals surface area contributed by atoms with Gasteiger partial charge in [0.1, 0.15) is 11.5 Å². The lowest BCUT2D eigenvalue weighted by atomic mass is 10.0. The van der Waals surface area contributed by atoms with Gasteiger partial charge in [-0.2, -0.15) is 0 Å². The number of aryl methyl sites for hydroxylation is 1. The van der Waals surface area contributed by atoms with Crippen molar-refractivity contribution in [2.24, 2.45) is 5.41 Å². The van der Waals surface area contributed by atoms with Gasteiger partial charge in [-0.15, -0.1) is 0 Å². The van der Waals surface area contributed by atoms with Crippen LogP contribution in [0.1, 0.15) is 41.3 Å². The van der Waals surface area contributed by atoms with E-state index in [1.807, 2.05) is 37.3 Å². The molecule has 0 spiro atoms. The van der Waals surface area contributed by atoms with E-state index in [0.717, 1.165) is 11.3 Å². The van der Waals surface area contributed by atoms with Crippen LogP contribution in [0.15, 0.2) is 42.5 Å². The summed E-state index contributed by atoms with van der Waals surface area (Å²) >= 11 is 0. The fourth-order valence-corrected chi connectivity index (χ4v) is 3.56. The fourth-order valence-electron chi connectivity index (χ4n) is 3.56. The van der Waals surface area contributed by atoms with E-state index in [-0.39, 0.29) is 23.3 Å². The van der Waals surface area contributed by atoms with Crippen LogP contribution in [0.2, 0.25) is 0 Å². The first kappa shape index (κ1) is 17.3. The van der Waals surface area contributed by atoms with E-state index in [2.05, 4.69) is 31.3 Å². The molecule has 2 aromatic rings. The standard InChI is InChI=1S/C21H25NO3/c1-13-6-11-17(25-5)16(12-13)20(23)22-19-18(21(19,2)3)14-7-9-15(24-4)10-8-14/h6-12,18-19H,1-5H3,(H,22,23)/t18-,19-/m1/s1. The van der Waals surface area contributed by atoms with Crippen molar-refractivity contribution < 1.29 is 14.3 Å². The molecule has 1 amide bonds. The molecule has 4 nitrogen and oxygen atoms in total. The maximum Gasteiger partial charge on any atom is 0.255 e. The molecule has 3 rings (SSSR count). The molecule has 1 aliphatic rings. The molecule has 4 heteroatoms. The van der Waals surface area contributed by atoms with Crippen LogP contribution < -0.4 is 14.8 Å². The molecule has 1 N–H and O–H groups in total. The molecule has 1 fully saturated rings. The Balaban J connectivity index is 1.78. The van der Waals surface area contributed by atoms with Crippen molar-refractivity contribution in [1.82, 2.24) is 5.32 Å². The van der Waals surface area contributed by atoms with Crippen LogP contribution in [0, 0.1) is 12.3 Å². The molecule has 2 aromatic carbocycles. The van der Waals surface area contributed by atoms with E-state index in [0.29, 0.717) is 11.3 Å². The van der Waals surface area contributed by atoms with Crippen LogP contribution in [0.4, 0.5) is 0 Å². The summed E-state index contributed by atoms with van der Waals surface area (Å²) in [6, 6.07) is 13.8. The molecule has 0 aliphatic heterocycles. The second kappa shape index (κ2) is 6.43. The Hall–Kier alpha value is -2.49. The van der Waals surface area contributed by atoms with Crippen LogP contribution in [-0.2, 0) is 0 Å². The van der Waals surface area contributed by atoms with Crippen LogP contribution >= 0.6 is 0 Å². The lowest BCUT2D eigenvalue weighted by molar-refractivity contribution is 0.0943. The van der Waals surface area contributed by atoms with Crippen LogP contribution in [0.3, 0.4) is 0 Å². The largest absolute Gasteiger partial charge is 0.497 e. The third kappa shape index (κ3) is 3.21. The van der Waals surface area contributed by atoms with E-state index in [4.69, 9.17) is 9.47 Å². The summed E-state index contributed by atoms with van der Waals surface area (Å²) in [5, 5.41) is 3.19. The van der Waals surface area contributed by atoms with Crippen molar-refractivity contribution >= 4 is 5.91 Å². The highest BCUT2D eigenvalue weighted by Crippen LogP contribution is 2.58. The average Bonchev–Trinajstić information content (AvgIpc) is 3.15. The average molecular weight is 339 g/mol. The van der Waals surface area contributed by atoms with Gasteiger partial charge in [0.2, 0.25) is 0 Å². The summed E-state index contributed by atoms with van der Waals surface area (Å²) in [5.41, 5.74) is 2.85. The number of carbonyl (C=O) groups excluding carboxylic acids is 1. The number of amides is 1. The van der Waals surface area contributed by atoms with Crippen molar-refractivity contribution in [2.45, 2.75) is 32.7 Å². The van der Waals surface area contributed by atoms with Gasteiger partial charge in [0.25, 0.3) is 5.91 Å². The predicted octanol–water partition coefficient (Wildman–Crippen LogP) is 3.93. The fraction of sp³-hybridized carbons (Fsp3) is 0.381. The van der Waals surface area contributed by atoms with E-state index >= 15 is 0 Å². The predicted molar refractivity (Wildman–Crippen MR) is 98.5 cm³/mol. The molecule has 0 aromatic heterocycles. The Bertz CT molecular complexity index is 780. The first-order valence-electron chi connectivity index (χ1n) is 8.48. The van der Waals surface area contributed by atoms with Crippen molar-refractivity contribution in [1.29, 1.82) is 0 Å². The van der Waals surface area contributed by atoms with Gasteiger partial charge in [-0.25, -0.2) is 0 Å². The van der Waals surface area contributed by atoms with Crippen LogP contribution in [0.25, 0.3) is 0 Å². The van der Waals surface area contributed by atoms with Gasteiger partial charge in [0.05, 0.1) is 19.8 Å². The number of carbonyl (C=O) groups is 1. The first-order valence-corrected chi connectivity index (χ1v) is 8.48. The van der Waals surface area contributed by atoms with Crippen molar-refractivity contribution in [3.8, 4) is 11.5 Å². The summed E-state index contributed by atoms with van der Waals surface area (Å²) in [6.45, 7) is 6.33. The smallest absolute Gasteiger partial charge is 0.255 e. The Morgan fingerprint density at radius 2 is 1.72 bits per heavy atom. The molecule has 25 heavy (non-hydrogen) atoms. The lowest BCUT2D eigenvalue weighted by Crippen LogP contribution is -2.29. The molecule has 132 valence electrons. The van der Waals surface area contributed by atoms with Crippen molar-refractivity contribution in [3.05, 3.63) is 59.2 Å². The monoisotopic (exact) mass is 339 g/mol. The summed E-state index contributed by atoms with van der Waals surface area (Å²) in [7, 11) is 3.25. The summed E-state index contributed by atoms with van der Waals surface area (Å²) in [4.78, 5) is 12.8. The Morgan fingerprint density at radius 3 is 2.32 bits per heavy atom. The van der Waals surface area contributed by atoms with Gasteiger partial charge < -0.3 is 14.8 Å². The summed E-state index contributed by atoms with van der Waals surface area (Å²) in [6.07, 6.45) is 0. The maximum absolute atomic E-state index is 12.8. The minimum absolute atomic E-state index is 0.0152. The Morgan fingerprint density at radius 1 is 1.04 bits per heavy atom. The molecule has 0 bridgehead atoms. The number of hydrogen-bond acceptors (Lipinski definition) is 3. The third-order valence-corrected chi connectivity index (χ3v) is 5.19. The van der Waals surface area contributed by atoms with Crippen LogP contribution in [-0.4, -0.2) is 26.2 Å². The molecule has 0 saturated heterocycles. The second-order valence-corrected chi connectivity index (χ2v) is 7.23. The number of benzene rings is 2.